The number of rotatable bonds is 5. The molecule has 1 aliphatic rings. The second-order valence-electron chi connectivity index (χ2n) is 5.04. The molecule has 4 nitrogen and oxygen atoms in total. The molecule has 1 aromatic heterocycles. The summed E-state index contributed by atoms with van der Waals surface area (Å²) in [6, 6.07) is 13.4. The summed E-state index contributed by atoms with van der Waals surface area (Å²) in [5, 5.41) is 9.21. The molecule has 4 heteroatoms. The smallest absolute Gasteiger partial charge is 0.315 e. The summed E-state index contributed by atoms with van der Waals surface area (Å²) in [6.45, 7) is 0.478. The van der Waals surface area contributed by atoms with Gasteiger partial charge in [0.25, 0.3) is 0 Å². The first-order valence-corrected chi connectivity index (χ1v) is 6.57. The van der Waals surface area contributed by atoms with Crippen LogP contribution < -0.4 is 4.74 Å². The van der Waals surface area contributed by atoms with E-state index in [0.717, 1.165) is 5.56 Å². The molecule has 0 spiro atoms. The molecule has 1 aromatic carbocycles. The van der Waals surface area contributed by atoms with Gasteiger partial charge in [0.05, 0.1) is 11.9 Å². The fourth-order valence-corrected chi connectivity index (χ4v) is 2.19. The molecule has 102 valence electrons. The Labute approximate surface area is 117 Å². The van der Waals surface area contributed by atoms with Crippen molar-refractivity contribution < 1.29 is 14.6 Å². The standard InChI is InChI=1S/C16H15NO3/c18-15(19)16(8-9-16)14-7-6-13(10-17-14)20-11-12-4-2-1-3-5-12/h1-7,10H,8-9,11H2,(H,18,19). The molecule has 0 bridgehead atoms. The van der Waals surface area contributed by atoms with Gasteiger partial charge in [-0.15, -0.1) is 0 Å². The monoisotopic (exact) mass is 269 g/mol. The van der Waals surface area contributed by atoms with E-state index in [1.165, 1.54) is 0 Å². The summed E-state index contributed by atoms with van der Waals surface area (Å²) in [5.41, 5.74) is 0.954. The van der Waals surface area contributed by atoms with Crippen LogP contribution in [0.1, 0.15) is 24.1 Å². The fourth-order valence-electron chi connectivity index (χ4n) is 2.19. The molecule has 0 aliphatic heterocycles. The van der Waals surface area contributed by atoms with Crippen LogP contribution in [-0.4, -0.2) is 16.1 Å². The second kappa shape index (κ2) is 4.96. The molecular formula is C16H15NO3. The number of carboxylic acid groups (broad SMARTS) is 1. The summed E-state index contributed by atoms with van der Waals surface area (Å²) in [4.78, 5) is 15.4. The van der Waals surface area contributed by atoms with E-state index in [-0.39, 0.29) is 0 Å². The third-order valence-electron chi connectivity index (χ3n) is 3.63. The van der Waals surface area contributed by atoms with Crippen molar-refractivity contribution in [3.8, 4) is 5.75 Å². The van der Waals surface area contributed by atoms with Crippen LogP contribution in [0.5, 0.6) is 5.75 Å². The zero-order valence-electron chi connectivity index (χ0n) is 11.0. The van der Waals surface area contributed by atoms with E-state index in [9.17, 15) is 9.90 Å². The van der Waals surface area contributed by atoms with E-state index in [1.54, 1.807) is 18.3 Å². The first-order valence-electron chi connectivity index (χ1n) is 6.57. The minimum absolute atomic E-state index is 0.478. The Bertz CT molecular complexity index is 603. The summed E-state index contributed by atoms with van der Waals surface area (Å²) in [5.74, 6) is -0.137. The zero-order valence-corrected chi connectivity index (χ0v) is 11.0. The van der Waals surface area contributed by atoms with Gasteiger partial charge in [0.1, 0.15) is 17.8 Å². The van der Waals surface area contributed by atoms with Gasteiger partial charge in [-0.25, -0.2) is 0 Å². The lowest BCUT2D eigenvalue weighted by Crippen LogP contribution is -2.20. The largest absolute Gasteiger partial charge is 0.487 e. The molecule has 0 amide bonds. The maximum absolute atomic E-state index is 11.2. The van der Waals surface area contributed by atoms with E-state index in [1.807, 2.05) is 30.3 Å². The van der Waals surface area contributed by atoms with Crippen molar-refractivity contribution in [2.75, 3.05) is 0 Å². The molecule has 1 fully saturated rings. The van der Waals surface area contributed by atoms with Gasteiger partial charge in [0.2, 0.25) is 0 Å². The number of hydrogen-bond acceptors (Lipinski definition) is 3. The van der Waals surface area contributed by atoms with Gasteiger partial charge in [0.15, 0.2) is 0 Å². The predicted octanol–water partition coefficient (Wildman–Crippen LogP) is 2.78. The van der Waals surface area contributed by atoms with E-state index in [4.69, 9.17) is 4.74 Å². The van der Waals surface area contributed by atoms with Crippen LogP contribution in [0.2, 0.25) is 0 Å². The first-order chi connectivity index (χ1) is 9.71. The lowest BCUT2D eigenvalue weighted by molar-refractivity contribution is -0.140. The Morgan fingerprint density at radius 2 is 1.95 bits per heavy atom. The van der Waals surface area contributed by atoms with Crippen molar-refractivity contribution in [2.24, 2.45) is 0 Å². The number of hydrogen-bond donors (Lipinski definition) is 1. The highest BCUT2D eigenvalue weighted by Gasteiger charge is 2.53. The van der Waals surface area contributed by atoms with E-state index < -0.39 is 11.4 Å². The molecule has 3 rings (SSSR count). The number of aromatic nitrogens is 1. The number of ether oxygens (including phenoxy) is 1. The third-order valence-corrected chi connectivity index (χ3v) is 3.63. The highest BCUT2D eigenvalue weighted by molar-refractivity contribution is 5.84. The number of nitrogens with zero attached hydrogens (tertiary/aromatic N) is 1. The maximum atomic E-state index is 11.2. The van der Waals surface area contributed by atoms with Crippen LogP contribution in [0.4, 0.5) is 0 Å². The molecule has 0 saturated heterocycles. The number of benzene rings is 1. The summed E-state index contributed by atoms with van der Waals surface area (Å²) in [7, 11) is 0. The van der Waals surface area contributed by atoms with E-state index in [0.29, 0.717) is 30.9 Å². The quantitative estimate of drug-likeness (QED) is 0.906. The van der Waals surface area contributed by atoms with Crippen molar-refractivity contribution in [1.82, 2.24) is 4.98 Å². The topological polar surface area (TPSA) is 59.4 Å². The van der Waals surface area contributed by atoms with Gasteiger partial charge in [-0.05, 0) is 30.5 Å². The lowest BCUT2D eigenvalue weighted by Gasteiger charge is -2.10. The molecular weight excluding hydrogens is 254 g/mol. The lowest BCUT2D eigenvalue weighted by atomic mass is 10.0. The molecule has 0 unspecified atom stereocenters. The molecule has 1 N–H and O–H groups in total. The molecule has 0 radical (unpaired) electrons. The molecule has 1 saturated carbocycles. The third kappa shape index (κ3) is 2.37. The Balaban J connectivity index is 1.67. The number of carbonyl (C=O) groups is 1. The van der Waals surface area contributed by atoms with Crippen molar-refractivity contribution >= 4 is 5.97 Å². The first kappa shape index (κ1) is 12.7. The van der Waals surface area contributed by atoms with E-state index in [2.05, 4.69) is 4.98 Å². The van der Waals surface area contributed by atoms with Crippen molar-refractivity contribution in [3.05, 3.63) is 59.9 Å². The summed E-state index contributed by atoms with van der Waals surface area (Å²) >= 11 is 0. The van der Waals surface area contributed by atoms with Gasteiger partial charge in [-0.2, -0.15) is 0 Å². The normalized spacial score (nSPS) is 15.6. The number of carboxylic acids is 1. The average Bonchev–Trinajstić information content (AvgIpc) is 3.28. The van der Waals surface area contributed by atoms with Crippen LogP contribution in [0, 0.1) is 0 Å². The van der Waals surface area contributed by atoms with Gasteiger partial charge in [-0.3, -0.25) is 9.78 Å². The maximum Gasteiger partial charge on any atom is 0.315 e. The predicted molar refractivity (Wildman–Crippen MR) is 73.6 cm³/mol. The van der Waals surface area contributed by atoms with Crippen LogP contribution in [-0.2, 0) is 16.8 Å². The van der Waals surface area contributed by atoms with Gasteiger partial charge < -0.3 is 9.84 Å². The van der Waals surface area contributed by atoms with Crippen molar-refractivity contribution in [1.29, 1.82) is 0 Å². The molecule has 20 heavy (non-hydrogen) atoms. The highest BCUT2D eigenvalue weighted by atomic mass is 16.5. The SMILES string of the molecule is O=C(O)C1(c2ccc(OCc3ccccc3)cn2)CC1. The highest BCUT2D eigenvalue weighted by Crippen LogP contribution is 2.47. The fraction of sp³-hybridized carbons (Fsp3) is 0.250. The Kier molecular flexibility index (Phi) is 3.14. The molecule has 1 heterocycles. The molecule has 1 aliphatic carbocycles. The number of pyridine rings is 1. The average molecular weight is 269 g/mol. The van der Waals surface area contributed by atoms with Crippen LogP contribution in [0.3, 0.4) is 0 Å². The second-order valence-corrected chi connectivity index (χ2v) is 5.04. The molecule has 2 aromatic rings. The van der Waals surface area contributed by atoms with Gasteiger partial charge in [0, 0.05) is 0 Å². The van der Waals surface area contributed by atoms with E-state index >= 15 is 0 Å². The Hall–Kier alpha value is -2.36. The van der Waals surface area contributed by atoms with Crippen LogP contribution in [0.25, 0.3) is 0 Å². The van der Waals surface area contributed by atoms with Crippen LogP contribution in [0.15, 0.2) is 48.7 Å². The number of aliphatic carboxylic acids is 1. The molecule has 0 atom stereocenters. The Morgan fingerprint density at radius 1 is 1.20 bits per heavy atom. The minimum atomic E-state index is -0.789. The Morgan fingerprint density at radius 3 is 2.50 bits per heavy atom. The van der Waals surface area contributed by atoms with Crippen molar-refractivity contribution in [3.63, 3.8) is 0 Å². The minimum Gasteiger partial charge on any atom is -0.487 e. The van der Waals surface area contributed by atoms with Gasteiger partial charge >= 0.3 is 5.97 Å². The van der Waals surface area contributed by atoms with Gasteiger partial charge in [-0.1, -0.05) is 30.3 Å². The zero-order chi connectivity index (χ0) is 14.0. The summed E-state index contributed by atoms with van der Waals surface area (Å²) in [6.07, 6.45) is 2.93. The van der Waals surface area contributed by atoms with Crippen molar-refractivity contribution in [2.45, 2.75) is 24.9 Å². The summed E-state index contributed by atoms with van der Waals surface area (Å²) < 4.78 is 5.63. The van der Waals surface area contributed by atoms with Crippen LogP contribution >= 0.6 is 0 Å².